The molecule has 0 spiro atoms. The maximum Gasteiger partial charge on any atom is 0.243 e. The van der Waals surface area contributed by atoms with Gasteiger partial charge in [-0.25, -0.2) is 8.42 Å². The molecule has 0 saturated carbocycles. The van der Waals surface area contributed by atoms with E-state index in [0.29, 0.717) is 37.6 Å². The van der Waals surface area contributed by atoms with Crippen LogP contribution in [0, 0.1) is 22.7 Å². The van der Waals surface area contributed by atoms with Crippen LogP contribution in [0.3, 0.4) is 0 Å². The molecule has 25 heavy (non-hydrogen) atoms. The van der Waals surface area contributed by atoms with Crippen LogP contribution in [-0.2, 0) is 10.0 Å². The summed E-state index contributed by atoms with van der Waals surface area (Å²) in [4.78, 5) is 2.11. The van der Waals surface area contributed by atoms with Crippen molar-refractivity contribution < 1.29 is 8.42 Å². The van der Waals surface area contributed by atoms with Gasteiger partial charge in [-0.05, 0) is 36.4 Å². The van der Waals surface area contributed by atoms with E-state index >= 15 is 0 Å². The van der Waals surface area contributed by atoms with Gasteiger partial charge in [-0.15, -0.1) is 10.2 Å². The van der Waals surface area contributed by atoms with Crippen LogP contribution in [-0.4, -0.2) is 49.1 Å². The minimum atomic E-state index is -3.59. The summed E-state index contributed by atoms with van der Waals surface area (Å²) in [5, 5.41) is 25.3. The van der Waals surface area contributed by atoms with E-state index < -0.39 is 10.0 Å². The molecule has 0 bridgehead atoms. The highest BCUT2D eigenvalue weighted by atomic mass is 32.2. The number of aromatic nitrogens is 2. The molecule has 0 aliphatic carbocycles. The van der Waals surface area contributed by atoms with Gasteiger partial charge in [0.2, 0.25) is 10.0 Å². The molecule has 0 atom stereocenters. The summed E-state index contributed by atoms with van der Waals surface area (Å²) in [5.41, 5.74) is 0.661. The van der Waals surface area contributed by atoms with E-state index in [-0.39, 0.29) is 10.6 Å². The van der Waals surface area contributed by atoms with Crippen molar-refractivity contribution in [1.82, 2.24) is 14.5 Å². The van der Waals surface area contributed by atoms with E-state index in [9.17, 15) is 8.42 Å². The van der Waals surface area contributed by atoms with Crippen LogP contribution in [0.25, 0.3) is 0 Å². The minimum absolute atomic E-state index is 0.179. The van der Waals surface area contributed by atoms with Gasteiger partial charge in [0.25, 0.3) is 0 Å². The summed E-state index contributed by atoms with van der Waals surface area (Å²) in [6.45, 7) is 1.61. The summed E-state index contributed by atoms with van der Waals surface area (Å²) >= 11 is 0. The molecule has 3 rings (SSSR count). The predicted molar refractivity (Wildman–Crippen MR) is 88.9 cm³/mol. The van der Waals surface area contributed by atoms with Crippen LogP contribution in [0.5, 0.6) is 0 Å². The molecule has 0 unspecified atom stereocenters. The molecule has 9 heteroatoms. The van der Waals surface area contributed by atoms with E-state index in [2.05, 4.69) is 10.2 Å². The van der Waals surface area contributed by atoms with Gasteiger partial charge in [-0.1, -0.05) is 0 Å². The maximum absolute atomic E-state index is 12.7. The number of hydrogen-bond donors (Lipinski definition) is 0. The Balaban J connectivity index is 1.70. The lowest BCUT2D eigenvalue weighted by atomic mass is 10.2. The largest absolute Gasteiger partial charge is 0.352 e. The highest BCUT2D eigenvalue weighted by Gasteiger charge is 2.29. The van der Waals surface area contributed by atoms with E-state index in [0.717, 1.165) is 0 Å². The zero-order valence-electron chi connectivity index (χ0n) is 13.2. The number of nitriles is 2. The van der Waals surface area contributed by atoms with Crippen molar-refractivity contribution in [2.24, 2.45) is 0 Å². The molecule has 1 saturated heterocycles. The maximum atomic E-state index is 12.7. The van der Waals surface area contributed by atoms with Gasteiger partial charge in [0.15, 0.2) is 11.5 Å². The SMILES string of the molecule is N#Cc1ccc(S(=O)(=O)N2CCN(c3ccc(C#N)nn3)CC2)cc1. The van der Waals surface area contributed by atoms with Gasteiger partial charge < -0.3 is 4.90 Å². The third-order valence-corrected chi connectivity index (χ3v) is 5.86. The van der Waals surface area contributed by atoms with E-state index in [4.69, 9.17) is 10.5 Å². The predicted octanol–water partition coefficient (Wildman–Crippen LogP) is 0.731. The zero-order valence-corrected chi connectivity index (χ0v) is 14.0. The quantitative estimate of drug-likeness (QED) is 0.798. The Bertz CT molecular complexity index is 934. The second-order valence-corrected chi connectivity index (χ2v) is 7.35. The summed E-state index contributed by atoms with van der Waals surface area (Å²) in [7, 11) is -3.59. The summed E-state index contributed by atoms with van der Waals surface area (Å²) < 4.78 is 26.8. The fourth-order valence-electron chi connectivity index (χ4n) is 2.56. The minimum Gasteiger partial charge on any atom is -0.352 e. The molecule has 1 aliphatic heterocycles. The fourth-order valence-corrected chi connectivity index (χ4v) is 3.98. The van der Waals surface area contributed by atoms with Crippen LogP contribution in [0.1, 0.15) is 11.3 Å². The average molecular weight is 354 g/mol. The van der Waals surface area contributed by atoms with Gasteiger partial charge in [-0.3, -0.25) is 0 Å². The highest BCUT2D eigenvalue weighted by Crippen LogP contribution is 2.20. The van der Waals surface area contributed by atoms with E-state index in [1.54, 1.807) is 12.1 Å². The normalized spacial score (nSPS) is 15.4. The summed E-state index contributed by atoms with van der Waals surface area (Å²) in [6, 6.07) is 13.1. The van der Waals surface area contributed by atoms with Crippen molar-refractivity contribution in [3.63, 3.8) is 0 Å². The molecule has 1 aromatic carbocycles. The van der Waals surface area contributed by atoms with Crippen molar-refractivity contribution >= 4 is 15.8 Å². The smallest absolute Gasteiger partial charge is 0.243 e. The number of hydrogen-bond acceptors (Lipinski definition) is 7. The molecule has 126 valence electrons. The molecule has 2 heterocycles. The Labute approximate surface area is 145 Å². The topological polar surface area (TPSA) is 114 Å². The van der Waals surface area contributed by atoms with Crippen molar-refractivity contribution in [2.45, 2.75) is 4.90 Å². The van der Waals surface area contributed by atoms with Crippen molar-refractivity contribution in [3.8, 4) is 12.1 Å². The van der Waals surface area contributed by atoms with Gasteiger partial charge in [0.05, 0.1) is 16.5 Å². The standard InChI is InChI=1S/C16H14N6O2S/c17-11-13-1-4-15(5-2-13)25(23,24)22-9-7-21(8-10-22)16-6-3-14(12-18)19-20-16/h1-6H,7-10H2. The Morgan fingerprint density at radius 3 is 2.08 bits per heavy atom. The number of piperazine rings is 1. The molecule has 0 N–H and O–H groups in total. The molecule has 0 amide bonds. The van der Waals surface area contributed by atoms with Crippen LogP contribution in [0.2, 0.25) is 0 Å². The molecular weight excluding hydrogens is 340 g/mol. The first-order chi connectivity index (χ1) is 12.0. The monoisotopic (exact) mass is 354 g/mol. The highest BCUT2D eigenvalue weighted by molar-refractivity contribution is 7.89. The first-order valence-corrected chi connectivity index (χ1v) is 8.98. The van der Waals surface area contributed by atoms with Gasteiger partial charge in [0.1, 0.15) is 6.07 Å². The van der Waals surface area contributed by atoms with Crippen LogP contribution >= 0.6 is 0 Å². The lowest BCUT2D eigenvalue weighted by Crippen LogP contribution is -2.49. The number of nitrogens with zero attached hydrogens (tertiary/aromatic N) is 6. The Hall–Kier alpha value is -3.01. The Morgan fingerprint density at radius 2 is 1.56 bits per heavy atom. The average Bonchev–Trinajstić information content (AvgIpc) is 2.68. The number of rotatable bonds is 3. The molecule has 1 aliphatic rings. The lowest BCUT2D eigenvalue weighted by molar-refractivity contribution is 0.383. The Morgan fingerprint density at radius 1 is 0.880 bits per heavy atom. The number of sulfonamides is 1. The van der Waals surface area contributed by atoms with Crippen molar-refractivity contribution in [3.05, 3.63) is 47.7 Å². The second kappa shape index (κ2) is 6.85. The van der Waals surface area contributed by atoms with E-state index in [1.165, 1.54) is 28.6 Å². The number of anilines is 1. The summed E-state index contributed by atoms with van der Waals surface area (Å²) in [6.07, 6.45) is 0. The zero-order chi connectivity index (χ0) is 17.9. The molecule has 2 aromatic rings. The fraction of sp³-hybridized carbons (Fsp3) is 0.250. The van der Waals surface area contributed by atoms with Gasteiger partial charge in [-0.2, -0.15) is 14.8 Å². The molecular formula is C16H14N6O2S. The third-order valence-electron chi connectivity index (χ3n) is 3.95. The molecule has 1 aromatic heterocycles. The van der Waals surface area contributed by atoms with E-state index in [1.807, 2.05) is 17.0 Å². The van der Waals surface area contributed by atoms with Gasteiger partial charge >= 0.3 is 0 Å². The van der Waals surface area contributed by atoms with Gasteiger partial charge in [0, 0.05) is 26.2 Å². The molecule has 1 fully saturated rings. The van der Waals surface area contributed by atoms with Crippen LogP contribution in [0.15, 0.2) is 41.3 Å². The second-order valence-electron chi connectivity index (χ2n) is 5.42. The van der Waals surface area contributed by atoms with Crippen LogP contribution in [0.4, 0.5) is 5.82 Å². The van der Waals surface area contributed by atoms with Crippen molar-refractivity contribution in [1.29, 1.82) is 10.5 Å². The molecule has 8 nitrogen and oxygen atoms in total. The lowest BCUT2D eigenvalue weighted by Gasteiger charge is -2.34. The van der Waals surface area contributed by atoms with Crippen molar-refractivity contribution in [2.75, 3.05) is 31.1 Å². The first-order valence-electron chi connectivity index (χ1n) is 7.54. The first kappa shape index (κ1) is 16.8. The summed E-state index contributed by atoms with van der Waals surface area (Å²) in [5.74, 6) is 0.620. The molecule has 0 radical (unpaired) electrons. The third kappa shape index (κ3) is 3.43. The Kier molecular flexibility index (Phi) is 4.61. The number of benzene rings is 1. The van der Waals surface area contributed by atoms with Crippen LogP contribution < -0.4 is 4.90 Å².